The molecule has 0 bridgehead atoms. The summed E-state index contributed by atoms with van der Waals surface area (Å²) >= 11 is 0. The summed E-state index contributed by atoms with van der Waals surface area (Å²) in [7, 11) is 0. The van der Waals surface area contributed by atoms with Crippen LogP contribution in [-0.2, 0) is 4.79 Å². The Morgan fingerprint density at radius 2 is 1.88 bits per heavy atom. The molecule has 0 radical (unpaired) electrons. The summed E-state index contributed by atoms with van der Waals surface area (Å²) in [6, 6.07) is 8.99. The molecule has 1 aliphatic heterocycles. The zero-order chi connectivity index (χ0) is 18.3. The van der Waals surface area contributed by atoms with Gasteiger partial charge in [0.15, 0.2) is 5.82 Å². The van der Waals surface area contributed by atoms with Gasteiger partial charge in [-0.25, -0.2) is 13.2 Å². The SMILES string of the molecule is O=C1CC(c2noc(-c3ccccc3F)n2)CN1c1ccc(F)cc1F. The van der Waals surface area contributed by atoms with Crippen molar-refractivity contribution in [3.63, 3.8) is 0 Å². The van der Waals surface area contributed by atoms with Crippen LogP contribution in [0, 0.1) is 17.5 Å². The van der Waals surface area contributed by atoms with Crippen molar-refractivity contribution in [2.45, 2.75) is 12.3 Å². The summed E-state index contributed by atoms with van der Waals surface area (Å²) in [5.41, 5.74) is 0.161. The minimum atomic E-state index is -0.820. The fourth-order valence-electron chi connectivity index (χ4n) is 2.96. The number of nitrogens with zero attached hydrogens (tertiary/aromatic N) is 3. The van der Waals surface area contributed by atoms with Crippen LogP contribution in [0.2, 0.25) is 0 Å². The van der Waals surface area contributed by atoms with Gasteiger partial charge in [0.25, 0.3) is 5.89 Å². The highest BCUT2D eigenvalue weighted by Gasteiger charge is 2.36. The molecule has 3 aromatic rings. The molecule has 0 aliphatic carbocycles. The van der Waals surface area contributed by atoms with Crippen LogP contribution in [-0.4, -0.2) is 22.6 Å². The molecule has 8 heteroatoms. The number of hydrogen-bond donors (Lipinski definition) is 0. The number of halogens is 3. The van der Waals surface area contributed by atoms with Gasteiger partial charge in [-0.3, -0.25) is 4.79 Å². The predicted octanol–water partition coefficient (Wildman–Crippen LogP) is 3.67. The van der Waals surface area contributed by atoms with Crippen LogP contribution < -0.4 is 4.90 Å². The maximum atomic E-state index is 13.9. The summed E-state index contributed by atoms with van der Waals surface area (Å²) in [6.45, 7) is 0.123. The van der Waals surface area contributed by atoms with Crippen LogP contribution in [0.25, 0.3) is 11.5 Å². The Morgan fingerprint density at radius 1 is 1.08 bits per heavy atom. The third kappa shape index (κ3) is 2.83. The smallest absolute Gasteiger partial charge is 0.260 e. The van der Waals surface area contributed by atoms with Gasteiger partial charge in [-0.2, -0.15) is 4.98 Å². The van der Waals surface area contributed by atoms with Crippen molar-refractivity contribution in [3.8, 4) is 11.5 Å². The molecule has 1 aromatic heterocycles. The first-order valence-corrected chi connectivity index (χ1v) is 7.87. The Labute approximate surface area is 146 Å². The molecule has 0 saturated carbocycles. The van der Waals surface area contributed by atoms with Crippen molar-refractivity contribution < 1.29 is 22.5 Å². The van der Waals surface area contributed by atoms with E-state index in [-0.39, 0.29) is 41.8 Å². The van der Waals surface area contributed by atoms with Crippen molar-refractivity contribution in [2.75, 3.05) is 11.4 Å². The van der Waals surface area contributed by atoms with Gasteiger partial charge in [-0.1, -0.05) is 17.3 Å². The average molecular weight is 359 g/mol. The van der Waals surface area contributed by atoms with E-state index in [0.717, 1.165) is 12.1 Å². The summed E-state index contributed by atoms with van der Waals surface area (Å²) in [5.74, 6) is -2.56. The van der Waals surface area contributed by atoms with Crippen LogP contribution in [0.5, 0.6) is 0 Å². The first-order valence-electron chi connectivity index (χ1n) is 7.87. The predicted molar refractivity (Wildman–Crippen MR) is 85.8 cm³/mol. The molecule has 2 aromatic carbocycles. The largest absolute Gasteiger partial charge is 0.334 e. The number of carbonyl (C=O) groups excluding carboxylic acids is 1. The van der Waals surface area contributed by atoms with Gasteiger partial charge in [0, 0.05) is 24.9 Å². The molecule has 1 amide bonds. The molecule has 1 aliphatic rings. The van der Waals surface area contributed by atoms with E-state index in [4.69, 9.17) is 4.52 Å². The van der Waals surface area contributed by atoms with Crippen LogP contribution >= 0.6 is 0 Å². The molecule has 1 unspecified atom stereocenters. The molecule has 1 atom stereocenters. The molecule has 1 fully saturated rings. The van der Waals surface area contributed by atoms with Crippen molar-refractivity contribution in [2.24, 2.45) is 0 Å². The Balaban J connectivity index is 1.59. The van der Waals surface area contributed by atoms with Gasteiger partial charge in [0.2, 0.25) is 5.91 Å². The molecular formula is C18H12F3N3O2. The average Bonchev–Trinajstić information content (AvgIpc) is 3.22. The number of hydrogen-bond acceptors (Lipinski definition) is 4. The van der Waals surface area contributed by atoms with Crippen LogP contribution in [0.3, 0.4) is 0 Å². The minimum absolute atomic E-state index is 0.00304. The third-order valence-corrected chi connectivity index (χ3v) is 4.24. The van der Waals surface area contributed by atoms with E-state index < -0.39 is 23.4 Å². The molecule has 26 heavy (non-hydrogen) atoms. The summed E-state index contributed by atoms with van der Waals surface area (Å²) < 4.78 is 45.9. The molecular weight excluding hydrogens is 347 g/mol. The molecule has 4 rings (SSSR count). The lowest BCUT2D eigenvalue weighted by Gasteiger charge is -2.16. The van der Waals surface area contributed by atoms with Crippen molar-refractivity contribution >= 4 is 11.6 Å². The summed E-state index contributed by atoms with van der Waals surface area (Å²) in [5, 5.41) is 3.83. The van der Waals surface area contributed by atoms with Crippen molar-refractivity contribution in [3.05, 3.63) is 65.7 Å². The highest BCUT2D eigenvalue weighted by Crippen LogP contribution is 2.33. The second-order valence-electron chi connectivity index (χ2n) is 5.94. The van der Waals surface area contributed by atoms with Crippen molar-refractivity contribution in [1.82, 2.24) is 10.1 Å². The van der Waals surface area contributed by atoms with Crippen LogP contribution in [0.15, 0.2) is 47.0 Å². The lowest BCUT2D eigenvalue weighted by atomic mass is 10.1. The number of anilines is 1. The number of benzene rings is 2. The third-order valence-electron chi connectivity index (χ3n) is 4.24. The quantitative estimate of drug-likeness (QED) is 0.716. The van der Waals surface area contributed by atoms with Gasteiger partial charge in [-0.15, -0.1) is 0 Å². The molecule has 132 valence electrons. The number of amides is 1. The summed E-state index contributed by atoms with van der Waals surface area (Å²) in [6.07, 6.45) is 0.0487. The van der Waals surface area contributed by atoms with Gasteiger partial charge in [-0.05, 0) is 24.3 Å². The van der Waals surface area contributed by atoms with Gasteiger partial charge in [0.05, 0.1) is 11.3 Å². The lowest BCUT2D eigenvalue weighted by Crippen LogP contribution is -2.25. The normalized spacial score (nSPS) is 17.1. The molecule has 2 heterocycles. The Hall–Kier alpha value is -3.16. The van der Waals surface area contributed by atoms with Gasteiger partial charge in [0.1, 0.15) is 17.5 Å². The van der Waals surface area contributed by atoms with E-state index in [9.17, 15) is 18.0 Å². The topological polar surface area (TPSA) is 59.2 Å². The first kappa shape index (κ1) is 16.3. The molecule has 5 nitrogen and oxygen atoms in total. The number of aromatic nitrogens is 2. The molecule has 0 spiro atoms. The molecule has 0 N–H and O–H groups in total. The Morgan fingerprint density at radius 3 is 2.65 bits per heavy atom. The number of carbonyl (C=O) groups is 1. The molecule has 1 saturated heterocycles. The highest BCUT2D eigenvalue weighted by molar-refractivity contribution is 5.96. The van der Waals surface area contributed by atoms with Crippen LogP contribution in [0.1, 0.15) is 18.2 Å². The van der Waals surface area contributed by atoms with E-state index in [1.165, 1.54) is 23.1 Å². The second kappa shape index (κ2) is 6.29. The standard InChI is InChI=1S/C18H12F3N3O2/c19-11-5-6-15(14(21)8-11)24-9-10(7-16(24)25)17-22-18(26-23-17)12-3-1-2-4-13(12)20/h1-6,8,10H,7,9H2. The lowest BCUT2D eigenvalue weighted by molar-refractivity contribution is -0.117. The van der Waals surface area contributed by atoms with E-state index in [2.05, 4.69) is 10.1 Å². The monoisotopic (exact) mass is 359 g/mol. The Bertz CT molecular complexity index is 989. The minimum Gasteiger partial charge on any atom is -0.334 e. The van der Waals surface area contributed by atoms with E-state index in [1.54, 1.807) is 12.1 Å². The fraction of sp³-hybridized carbons (Fsp3) is 0.167. The fourth-order valence-corrected chi connectivity index (χ4v) is 2.96. The zero-order valence-electron chi connectivity index (χ0n) is 13.3. The van der Waals surface area contributed by atoms with E-state index in [0.29, 0.717) is 0 Å². The summed E-state index contributed by atoms with van der Waals surface area (Å²) in [4.78, 5) is 17.6. The zero-order valence-corrected chi connectivity index (χ0v) is 13.3. The van der Waals surface area contributed by atoms with Crippen molar-refractivity contribution in [1.29, 1.82) is 0 Å². The Kier molecular flexibility index (Phi) is 3.95. The highest BCUT2D eigenvalue weighted by atomic mass is 19.1. The van der Waals surface area contributed by atoms with Crippen LogP contribution in [0.4, 0.5) is 18.9 Å². The van der Waals surface area contributed by atoms with E-state index in [1.807, 2.05) is 0 Å². The van der Waals surface area contributed by atoms with E-state index >= 15 is 0 Å². The second-order valence-corrected chi connectivity index (χ2v) is 5.94. The maximum Gasteiger partial charge on any atom is 0.260 e. The van der Waals surface area contributed by atoms with Gasteiger partial charge < -0.3 is 9.42 Å². The van der Waals surface area contributed by atoms with Gasteiger partial charge >= 0.3 is 0 Å². The maximum absolute atomic E-state index is 13.9. The first-order chi connectivity index (χ1) is 12.5. The number of rotatable bonds is 3.